The van der Waals surface area contributed by atoms with Gasteiger partial charge in [-0.15, -0.1) is 0 Å². The fourth-order valence-corrected chi connectivity index (χ4v) is 4.28. The minimum Gasteiger partial charge on any atom is -0.467 e. The second-order valence-corrected chi connectivity index (χ2v) is 8.46. The van der Waals surface area contributed by atoms with Crippen molar-refractivity contribution in [3.05, 3.63) is 70.3 Å². The number of nitrogens with zero attached hydrogens (tertiary/aromatic N) is 2. The van der Waals surface area contributed by atoms with E-state index in [1.165, 1.54) is 0 Å². The van der Waals surface area contributed by atoms with Crippen molar-refractivity contribution in [2.24, 2.45) is 0 Å². The average Bonchev–Trinajstić information content (AvgIpc) is 3.20. The van der Waals surface area contributed by atoms with Gasteiger partial charge in [-0.2, -0.15) is 8.42 Å². The Labute approximate surface area is 183 Å². The van der Waals surface area contributed by atoms with Crippen molar-refractivity contribution in [3.63, 3.8) is 0 Å². The maximum absolute atomic E-state index is 12.6. The van der Waals surface area contributed by atoms with E-state index in [1.54, 1.807) is 24.3 Å². The summed E-state index contributed by atoms with van der Waals surface area (Å²) in [6.07, 6.45) is -1.98. The smallest absolute Gasteiger partial charge is 0.410 e. The van der Waals surface area contributed by atoms with E-state index in [1.807, 2.05) is 6.07 Å². The van der Waals surface area contributed by atoms with Crippen molar-refractivity contribution in [3.8, 4) is 0 Å². The van der Waals surface area contributed by atoms with Crippen molar-refractivity contribution in [2.45, 2.75) is 30.1 Å². The number of ether oxygens (including phenoxy) is 2. The van der Waals surface area contributed by atoms with E-state index in [0.717, 1.165) is 41.8 Å². The molecule has 0 N–H and O–H groups in total. The zero-order valence-corrected chi connectivity index (χ0v) is 17.8. The highest BCUT2D eigenvalue weighted by atomic mass is 32.2. The third-order valence-electron chi connectivity index (χ3n) is 4.77. The first-order valence-corrected chi connectivity index (χ1v) is 10.8. The highest BCUT2D eigenvalue weighted by Gasteiger charge is 2.43. The molecular weight excluding hydrogens is 444 g/mol. The van der Waals surface area contributed by atoms with Gasteiger partial charge in [0.25, 0.3) is 15.8 Å². The number of carbonyl (C=O) groups excluding carboxylic acids is 2. The first-order chi connectivity index (χ1) is 15.2. The van der Waals surface area contributed by atoms with Crippen molar-refractivity contribution in [1.29, 1.82) is 0 Å². The van der Waals surface area contributed by atoms with Gasteiger partial charge in [0.1, 0.15) is 12.6 Å². The van der Waals surface area contributed by atoms with Crippen LogP contribution >= 0.6 is 0 Å². The Hall–Kier alpha value is -3.51. The Bertz CT molecular complexity index is 1090. The highest BCUT2D eigenvalue weighted by molar-refractivity contribution is 7.86. The minimum absolute atomic E-state index is 0.0311. The number of benzene rings is 2. The molecule has 0 saturated carbocycles. The lowest BCUT2D eigenvalue weighted by Gasteiger charge is -2.21. The number of likely N-dealkylation sites (tertiary alicyclic amines) is 1. The maximum Gasteiger partial charge on any atom is 0.410 e. The van der Waals surface area contributed by atoms with Gasteiger partial charge in [0.15, 0.2) is 0 Å². The summed E-state index contributed by atoms with van der Waals surface area (Å²) in [4.78, 5) is 35.6. The van der Waals surface area contributed by atoms with E-state index < -0.39 is 39.2 Å². The molecule has 1 aliphatic heterocycles. The third kappa shape index (κ3) is 5.39. The molecule has 170 valence electrons. The first-order valence-electron chi connectivity index (χ1n) is 9.44. The summed E-state index contributed by atoms with van der Waals surface area (Å²) in [6, 6.07) is 12.0. The van der Waals surface area contributed by atoms with Crippen molar-refractivity contribution >= 4 is 27.9 Å². The van der Waals surface area contributed by atoms with Crippen LogP contribution in [-0.4, -0.2) is 56.1 Å². The second-order valence-electron chi connectivity index (χ2n) is 6.89. The van der Waals surface area contributed by atoms with Crippen LogP contribution in [0.4, 0.5) is 10.5 Å². The Morgan fingerprint density at radius 3 is 2.38 bits per heavy atom. The molecule has 2 unspecified atom stereocenters. The van der Waals surface area contributed by atoms with Crippen LogP contribution < -0.4 is 0 Å². The monoisotopic (exact) mass is 464 g/mol. The molecule has 0 radical (unpaired) electrons. The Balaban J connectivity index is 1.70. The van der Waals surface area contributed by atoms with Gasteiger partial charge in [-0.25, -0.2) is 9.59 Å². The summed E-state index contributed by atoms with van der Waals surface area (Å²) in [5.41, 5.74) is 0.464. The molecule has 0 aliphatic carbocycles. The maximum atomic E-state index is 12.6. The van der Waals surface area contributed by atoms with Gasteiger partial charge in [0, 0.05) is 18.6 Å². The summed E-state index contributed by atoms with van der Waals surface area (Å²) >= 11 is 0. The number of hydrogen-bond acceptors (Lipinski definition) is 9. The van der Waals surface area contributed by atoms with E-state index in [0.29, 0.717) is 0 Å². The summed E-state index contributed by atoms with van der Waals surface area (Å²) in [5.74, 6) is -0.736. The van der Waals surface area contributed by atoms with Crippen molar-refractivity contribution < 1.29 is 36.6 Å². The van der Waals surface area contributed by atoms with Crippen LogP contribution in [0.3, 0.4) is 0 Å². The third-order valence-corrected chi connectivity index (χ3v) is 6.15. The van der Waals surface area contributed by atoms with Crippen LogP contribution in [-0.2, 0) is 35.2 Å². The van der Waals surface area contributed by atoms with Gasteiger partial charge in [0.2, 0.25) is 0 Å². The van der Waals surface area contributed by atoms with Gasteiger partial charge in [-0.05, 0) is 17.7 Å². The van der Waals surface area contributed by atoms with E-state index in [2.05, 4.69) is 0 Å². The molecule has 32 heavy (non-hydrogen) atoms. The zero-order chi connectivity index (χ0) is 23.3. The molecule has 3 rings (SSSR count). The van der Waals surface area contributed by atoms with Gasteiger partial charge in [-0.3, -0.25) is 19.2 Å². The molecule has 1 heterocycles. The number of methoxy groups -OCH3 is 1. The summed E-state index contributed by atoms with van der Waals surface area (Å²) in [5, 5.41) is 10.7. The van der Waals surface area contributed by atoms with E-state index in [4.69, 9.17) is 13.7 Å². The van der Waals surface area contributed by atoms with Gasteiger partial charge in [0.05, 0.1) is 29.6 Å². The zero-order valence-electron chi connectivity index (χ0n) is 16.9. The molecule has 2 aromatic rings. The average molecular weight is 464 g/mol. The summed E-state index contributed by atoms with van der Waals surface area (Å²) in [7, 11) is -3.15. The molecule has 2 aromatic carbocycles. The molecule has 1 saturated heterocycles. The number of non-ortho nitro benzene ring substituents is 1. The summed E-state index contributed by atoms with van der Waals surface area (Å²) < 4.78 is 40.3. The molecule has 0 bridgehead atoms. The number of nitro benzene ring substituents is 1. The number of amides is 1. The molecule has 12 heteroatoms. The van der Waals surface area contributed by atoms with Crippen LogP contribution in [0.25, 0.3) is 0 Å². The number of nitro groups is 1. The predicted octanol–water partition coefficient (Wildman–Crippen LogP) is 2.25. The molecule has 0 aromatic heterocycles. The van der Waals surface area contributed by atoms with Gasteiger partial charge < -0.3 is 9.47 Å². The Kier molecular flexibility index (Phi) is 7.05. The van der Waals surface area contributed by atoms with Crippen LogP contribution in [0.2, 0.25) is 0 Å². The number of hydrogen-bond donors (Lipinski definition) is 0. The molecule has 1 fully saturated rings. The highest BCUT2D eigenvalue weighted by Crippen LogP contribution is 2.27. The SMILES string of the molecule is COC(=O)C1CC(OS(=O)(=O)c2ccc([N+](=O)[O-])cc2)CN1C(=O)OCc1ccccc1. The lowest BCUT2D eigenvalue weighted by molar-refractivity contribution is -0.384. The van der Waals surface area contributed by atoms with E-state index >= 15 is 0 Å². The number of rotatable bonds is 7. The molecule has 2 atom stereocenters. The number of carbonyl (C=O) groups is 2. The van der Waals surface area contributed by atoms with Crippen LogP contribution in [0.15, 0.2) is 59.5 Å². The largest absolute Gasteiger partial charge is 0.467 e. The lowest BCUT2D eigenvalue weighted by atomic mass is 10.2. The van der Waals surface area contributed by atoms with Crippen LogP contribution in [0, 0.1) is 10.1 Å². The van der Waals surface area contributed by atoms with Crippen LogP contribution in [0.5, 0.6) is 0 Å². The Morgan fingerprint density at radius 1 is 1.12 bits per heavy atom. The Morgan fingerprint density at radius 2 is 1.78 bits per heavy atom. The normalized spacial score (nSPS) is 18.2. The number of esters is 1. The lowest BCUT2D eigenvalue weighted by Crippen LogP contribution is -2.41. The first kappa shape index (κ1) is 23.2. The van der Waals surface area contributed by atoms with E-state index in [-0.39, 0.29) is 30.2 Å². The predicted molar refractivity (Wildman–Crippen MR) is 109 cm³/mol. The minimum atomic E-state index is -4.30. The van der Waals surface area contributed by atoms with Crippen LogP contribution in [0.1, 0.15) is 12.0 Å². The molecule has 1 aliphatic rings. The van der Waals surface area contributed by atoms with Crippen molar-refractivity contribution in [1.82, 2.24) is 4.90 Å². The molecular formula is C20H20N2O9S. The molecule has 0 spiro atoms. The summed E-state index contributed by atoms with van der Waals surface area (Å²) in [6.45, 7) is -0.254. The quantitative estimate of drug-likeness (QED) is 0.261. The second kappa shape index (κ2) is 9.75. The standard InChI is InChI=1S/C20H20N2O9S/c1-29-19(23)18-11-16(12-21(18)20(24)30-13-14-5-3-2-4-6-14)31-32(27,28)17-9-7-15(8-10-17)22(25)26/h2-10,16,18H,11-13H2,1H3. The van der Waals surface area contributed by atoms with Gasteiger partial charge in [-0.1, -0.05) is 30.3 Å². The van der Waals surface area contributed by atoms with Crippen molar-refractivity contribution in [2.75, 3.05) is 13.7 Å². The molecule has 11 nitrogen and oxygen atoms in total. The fourth-order valence-electron chi connectivity index (χ4n) is 3.20. The van der Waals surface area contributed by atoms with E-state index in [9.17, 15) is 28.1 Å². The fraction of sp³-hybridized carbons (Fsp3) is 0.300. The topological polar surface area (TPSA) is 142 Å². The molecule has 1 amide bonds. The van der Waals surface area contributed by atoms with Gasteiger partial charge >= 0.3 is 12.1 Å².